The Bertz CT molecular complexity index is 983. The van der Waals surface area contributed by atoms with Gasteiger partial charge in [-0.3, -0.25) is 9.59 Å². The van der Waals surface area contributed by atoms with Crippen molar-refractivity contribution in [2.75, 3.05) is 0 Å². The summed E-state index contributed by atoms with van der Waals surface area (Å²) in [5, 5.41) is 18.9. The van der Waals surface area contributed by atoms with Crippen molar-refractivity contribution in [3.8, 4) is 5.75 Å². The van der Waals surface area contributed by atoms with Gasteiger partial charge in [0.25, 0.3) is 0 Å². The number of aliphatic carboxylic acids is 1. The van der Waals surface area contributed by atoms with E-state index in [2.05, 4.69) is 47.4 Å². The minimum Gasteiger partial charge on any atom is -0.487 e. The van der Waals surface area contributed by atoms with E-state index in [0.717, 1.165) is 26.3 Å². The van der Waals surface area contributed by atoms with Crippen LogP contribution in [-0.2, 0) is 16.2 Å². The number of carboxylic acid groups (broad SMARTS) is 1. The highest BCUT2D eigenvalue weighted by atomic mass is 79.9. The molecule has 0 radical (unpaired) electrons. The number of nitrogens with one attached hydrogen (secondary N) is 1. The molecule has 2 N–H and O–H groups in total. The molecule has 2 aromatic carbocycles. The van der Waals surface area contributed by atoms with Crippen LogP contribution in [0.1, 0.15) is 17.5 Å². The van der Waals surface area contributed by atoms with Gasteiger partial charge in [0, 0.05) is 10.0 Å². The Labute approximate surface area is 187 Å². The number of amides is 1. The molecule has 1 saturated heterocycles. The molecular weight excluding hydrogens is 526 g/mol. The van der Waals surface area contributed by atoms with Crippen LogP contribution in [0.2, 0.25) is 0 Å². The molecule has 0 saturated carbocycles. The van der Waals surface area contributed by atoms with Gasteiger partial charge in [0.2, 0.25) is 5.91 Å². The van der Waals surface area contributed by atoms with Crippen LogP contribution >= 0.6 is 43.6 Å². The number of carbonyl (C=O) groups is 2. The SMILES string of the molecule is O=C(O)CC1SC(=NN=Cc2cc(Br)cc(Br)c2OCc2ccccc2)NC1=O. The number of ether oxygens (including phenoxy) is 1. The van der Waals surface area contributed by atoms with E-state index in [1.165, 1.54) is 6.21 Å². The van der Waals surface area contributed by atoms with E-state index in [9.17, 15) is 9.59 Å². The summed E-state index contributed by atoms with van der Waals surface area (Å²) in [6, 6.07) is 13.5. The maximum atomic E-state index is 11.8. The number of halogens is 2. The number of hydrogen-bond acceptors (Lipinski definition) is 6. The summed E-state index contributed by atoms with van der Waals surface area (Å²) < 4.78 is 7.54. The zero-order chi connectivity index (χ0) is 20.8. The number of nitrogens with zero attached hydrogens (tertiary/aromatic N) is 2. The number of carbonyl (C=O) groups excluding carboxylic acids is 1. The van der Waals surface area contributed by atoms with Crippen LogP contribution in [-0.4, -0.2) is 33.6 Å². The zero-order valence-corrected chi connectivity index (χ0v) is 18.8. The minimum absolute atomic E-state index is 0.262. The molecule has 1 fully saturated rings. The summed E-state index contributed by atoms with van der Waals surface area (Å²) in [5.74, 6) is -0.821. The fraction of sp³-hybridized carbons (Fsp3) is 0.158. The Hall–Kier alpha value is -2.17. The molecular formula is C19H15Br2N3O4S. The molecule has 29 heavy (non-hydrogen) atoms. The van der Waals surface area contributed by atoms with Crippen LogP contribution in [0.5, 0.6) is 5.75 Å². The third-order valence-corrected chi connectivity index (χ3v) is 5.86. The summed E-state index contributed by atoms with van der Waals surface area (Å²) in [6.45, 7) is 0.388. The topological polar surface area (TPSA) is 100 Å². The van der Waals surface area contributed by atoms with Crippen LogP contribution in [0, 0.1) is 0 Å². The highest BCUT2D eigenvalue weighted by Crippen LogP contribution is 2.33. The molecule has 1 aliphatic rings. The lowest BCUT2D eigenvalue weighted by molar-refractivity contribution is -0.138. The Kier molecular flexibility index (Phi) is 7.45. The van der Waals surface area contributed by atoms with Gasteiger partial charge in [-0.25, -0.2) is 0 Å². The Morgan fingerprint density at radius 2 is 2.03 bits per heavy atom. The van der Waals surface area contributed by atoms with Crippen LogP contribution in [0.15, 0.2) is 61.6 Å². The van der Waals surface area contributed by atoms with E-state index < -0.39 is 11.2 Å². The van der Waals surface area contributed by atoms with Crippen LogP contribution < -0.4 is 10.1 Å². The molecule has 150 valence electrons. The number of thioether (sulfide) groups is 1. The van der Waals surface area contributed by atoms with Gasteiger partial charge >= 0.3 is 5.97 Å². The second kappa shape index (κ2) is 10.0. The van der Waals surface area contributed by atoms with Gasteiger partial charge in [-0.05, 0) is 33.6 Å². The molecule has 1 unspecified atom stereocenters. The van der Waals surface area contributed by atoms with Crippen molar-refractivity contribution in [3.63, 3.8) is 0 Å². The van der Waals surface area contributed by atoms with E-state index in [1.807, 2.05) is 42.5 Å². The molecule has 1 heterocycles. The smallest absolute Gasteiger partial charge is 0.305 e. The van der Waals surface area contributed by atoms with Crippen molar-refractivity contribution in [1.82, 2.24) is 5.32 Å². The maximum absolute atomic E-state index is 11.8. The number of benzene rings is 2. The summed E-state index contributed by atoms with van der Waals surface area (Å²) in [7, 11) is 0. The Morgan fingerprint density at radius 3 is 2.76 bits per heavy atom. The predicted molar refractivity (Wildman–Crippen MR) is 119 cm³/mol. The number of hydrogen-bond donors (Lipinski definition) is 2. The maximum Gasteiger partial charge on any atom is 0.305 e. The van der Waals surface area contributed by atoms with Crippen molar-refractivity contribution in [3.05, 3.63) is 62.5 Å². The molecule has 1 aliphatic heterocycles. The molecule has 0 aromatic heterocycles. The van der Waals surface area contributed by atoms with Gasteiger partial charge in [-0.2, -0.15) is 5.10 Å². The lowest BCUT2D eigenvalue weighted by Gasteiger charge is -2.12. The van der Waals surface area contributed by atoms with Crippen LogP contribution in [0.25, 0.3) is 0 Å². The fourth-order valence-electron chi connectivity index (χ4n) is 2.45. The molecule has 1 amide bonds. The molecule has 7 nitrogen and oxygen atoms in total. The van der Waals surface area contributed by atoms with Gasteiger partial charge in [-0.15, -0.1) is 5.10 Å². The van der Waals surface area contributed by atoms with Crippen LogP contribution in [0.3, 0.4) is 0 Å². The van der Waals surface area contributed by atoms with E-state index in [1.54, 1.807) is 0 Å². The van der Waals surface area contributed by atoms with Gasteiger partial charge in [0.15, 0.2) is 5.17 Å². The average molecular weight is 541 g/mol. The van der Waals surface area contributed by atoms with E-state index in [4.69, 9.17) is 9.84 Å². The highest BCUT2D eigenvalue weighted by molar-refractivity contribution is 9.11. The quantitative estimate of drug-likeness (QED) is 0.405. The molecule has 0 aliphatic carbocycles. The normalized spacial score (nSPS) is 17.7. The summed E-state index contributed by atoms with van der Waals surface area (Å²) in [6.07, 6.45) is 1.25. The molecule has 1 atom stereocenters. The summed E-state index contributed by atoms with van der Waals surface area (Å²) >= 11 is 7.98. The number of amidine groups is 1. The first-order valence-electron chi connectivity index (χ1n) is 8.38. The first kappa shape index (κ1) is 21.5. The first-order chi connectivity index (χ1) is 13.9. The van der Waals surface area contributed by atoms with E-state index in [-0.39, 0.29) is 17.5 Å². The fourth-order valence-corrected chi connectivity index (χ4v) is 4.73. The van der Waals surface area contributed by atoms with Crippen molar-refractivity contribution in [2.45, 2.75) is 18.3 Å². The predicted octanol–water partition coefficient (Wildman–Crippen LogP) is 4.19. The Balaban J connectivity index is 1.74. The average Bonchev–Trinajstić information content (AvgIpc) is 3.00. The molecule has 10 heteroatoms. The lowest BCUT2D eigenvalue weighted by Crippen LogP contribution is -2.26. The summed E-state index contributed by atoms with van der Waals surface area (Å²) in [4.78, 5) is 22.5. The molecule has 0 spiro atoms. The third-order valence-electron chi connectivity index (χ3n) is 3.74. The van der Waals surface area contributed by atoms with Gasteiger partial charge < -0.3 is 15.2 Å². The zero-order valence-electron chi connectivity index (χ0n) is 14.8. The standard InChI is InChI=1S/C19H15Br2N3O4S/c20-13-6-12(9-22-24-19-23-18(27)15(29-19)8-16(25)26)17(14(21)7-13)28-10-11-4-2-1-3-5-11/h1-7,9,15H,8,10H2,(H,25,26)(H,23,24,27). The third kappa shape index (κ3) is 6.15. The second-order valence-electron chi connectivity index (χ2n) is 5.92. The van der Waals surface area contributed by atoms with Crippen molar-refractivity contribution >= 4 is 66.9 Å². The van der Waals surface area contributed by atoms with Crippen molar-refractivity contribution in [2.24, 2.45) is 10.2 Å². The molecule has 3 rings (SSSR count). The largest absolute Gasteiger partial charge is 0.487 e. The molecule has 0 bridgehead atoms. The van der Waals surface area contributed by atoms with Crippen LogP contribution in [0.4, 0.5) is 0 Å². The van der Waals surface area contributed by atoms with E-state index in [0.29, 0.717) is 17.9 Å². The van der Waals surface area contributed by atoms with Gasteiger partial charge in [0.1, 0.15) is 17.6 Å². The Morgan fingerprint density at radius 1 is 1.28 bits per heavy atom. The highest BCUT2D eigenvalue weighted by Gasteiger charge is 2.32. The minimum atomic E-state index is -1.04. The van der Waals surface area contributed by atoms with Gasteiger partial charge in [-0.1, -0.05) is 58.0 Å². The second-order valence-corrected chi connectivity index (χ2v) is 8.89. The van der Waals surface area contributed by atoms with Gasteiger partial charge in [0.05, 0.1) is 17.1 Å². The monoisotopic (exact) mass is 539 g/mol. The van der Waals surface area contributed by atoms with E-state index >= 15 is 0 Å². The summed E-state index contributed by atoms with van der Waals surface area (Å²) in [5.41, 5.74) is 1.71. The number of rotatable bonds is 7. The number of carboxylic acids is 1. The van der Waals surface area contributed by atoms with Crippen molar-refractivity contribution < 1.29 is 19.4 Å². The first-order valence-corrected chi connectivity index (χ1v) is 10.8. The lowest BCUT2D eigenvalue weighted by atomic mass is 10.2. The molecule has 2 aromatic rings. The van der Waals surface area contributed by atoms with Crippen molar-refractivity contribution in [1.29, 1.82) is 0 Å².